The number of nitrogens with one attached hydrogen (secondary N) is 1. The van der Waals surface area contributed by atoms with Gasteiger partial charge in [-0.05, 0) is 54.1 Å². The summed E-state index contributed by atoms with van der Waals surface area (Å²) in [7, 11) is 0. The van der Waals surface area contributed by atoms with E-state index in [0.717, 1.165) is 23.0 Å². The van der Waals surface area contributed by atoms with E-state index < -0.39 is 10.8 Å². The molecule has 9 heteroatoms. The van der Waals surface area contributed by atoms with Gasteiger partial charge in [0, 0.05) is 47.5 Å². The predicted molar refractivity (Wildman–Crippen MR) is 133 cm³/mol. The number of non-ortho nitro benzene ring substituents is 1. The number of anilines is 2. The summed E-state index contributed by atoms with van der Waals surface area (Å²) >= 11 is 6.06. The number of nitro benzene ring substituents is 1. The average Bonchev–Trinajstić information content (AvgIpc) is 3.23. The van der Waals surface area contributed by atoms with Crippen molar-refractivity contribution in [2.24, 2.45) is 0 Å². The van der Waals surface area contributed by atoms with Crippen LogP contribution in [0, 0.1) is 10.1 Å². The second-order valence-corrected chi connectivity index (χ2v) is 8.51. The Morgan fingerprint density at radius 1 is 0.943 bits per heavy atom. The number of nitrogens with zero attached hydrogens (tertiary/aromatic N) is 3. The fourth-order valence-corrected chi connectivity index (χ4v) is 4.32. The molecule has 3 aromatic carbocycles. The van der Waals surface area contributed by atoms with Gasteiger partial charge in [-0.1, -0.05) is 29.8 Å². The van der Waals surface area contributed by atoms with Gasteiger partial charge in [0.1, 0.15) is 0 Å². The van der Waals surface area contributed by atoms with Gasteiger partial charge < -0.3 is 14.8 Å². The Balaban J connectivity index is 1.38. The smallest absolute Gasteiger partial charge is 0.270 e. The van der Waals surface area contributed by atoms with E-state index in [1.54, 1.807) is 29.2 Å². The first kappa shape index (κ1) is 22.4. The molecule has 0 bridgehead atoms. The highest BCUT2D eigenvalue weighted by molar-refractivity contribution is 6.34. The zero-order chi connectivity index (χ0) is 24.5. The van der Waals surface area contributed by atoms with E-state index in [1.807, 2.05) is 42.6 Å². The molecule has 8 nitrogen and oxygen atoms in total. The molecule has 0 atom stereocenters. The van der Waals surface area contributed by atoms with E-state index in [4.69, 9.17) is 11.6 Å². The fourth-order valence-electron chi connectivity index (χ4n) is 4.12. The maximum absolute atomic E-state index is 13.5. The lowest BCUT2D eigenvalue weighted by Gasteiger charge is -2.23. The SMILES string of the molecule is O=C(Nc1ccc(C(=O)N2Cc3cccn3Cc3ccccc32)cc1)c1cc([N+](=O)[O-])ccc1Cl. The first-order chi connectivity index (χ1) is 16.9. The van der Waals surface area contributed by atoms with E-state index in [1.165, 1.54) is 12.1 Å². The maximum Gasteiger partial charge on any atom is 0.270 e. The number of nitro groups is 1. The number of aromatic nitrogens is 1. The Kier molecular flexibility index (Phi) is 5.80. The second kappa shape index (κ2) is 9.08. The van der Waals surface area contributed by atoms with E-state index in [-0.39, 0.29) is 22.2 Å². The molecule has 0 saturated heterocycles. The number of hydrogen-bond acceptors (Lipinski definition) is 4. The van der Waals surface area contributed by atoms with E-state index >= 15 is 0 Å². The summed E-state index contributed by atoms with van der Waals surface area (Å²) in [6.07, 6.45) is 2.01. The van der Waals surface area contributed by atoms with E-state index in [9.17, 15) is 19.7 Å². The number of para-hydroxylation sites is 1. The molecule has 0 unspecified atom stereocenters. The number of benzene rings is 3. The van der Waals surface area contributed by atoms with Crippen LogP contribution in [0.2, 0.25) is 5.02 Å². The third-order valence-electron chi connectivity index (χ3n) is 5.91. The number of rotatable bonds is 4. The summed E-state index contributed by atoms with van der Waals surface area (Å²) in [5.41, 5.74) is 3.60. The van der Waals surface area contributed by atoms with Crippen molar-refractivity contribution >= 4 is 40.5 Å². The predicted octanol–water partition coefficient (Wildman–Crippen LogP) is 5.51. The highest BCUT2D eigenvalue weighted by Crippen LogP contribution is 2.29. The number of halogens is 1. The molecule has 0 fully saturated rings. The van der Waals surface area contributed by atoms with Gasteiger partial charge in [0.15, 0.2) is 0 Å². The normalized spacial score (nSPS) is 12.3. The third-order valence-corrected chi connectivity index (χ3v) is 6.24. The minimum atomic E-state index is -0.592. The first-order valence-corrected chi connectivity index (χ1v) is 11.2. The van der Waals surface area contributed by atoms with Crippen LogP contribution in [0.3, 0.4) is 0 Å². The Hall–Kier alpha value is -4.43. The van der Waals surface area contributed by atoms with Gasteiger partial charge in [-0.25, -0.2) is 0 Å². The van der Waals surface area contributed by atoms with Gasteiger partial charge >= 0.3 is 0 Å². The molecule has 5 rings (SSSR count). The Morgan fingerprint density at radius 3 is 2.49 bits per heavy atom. The van der Waals surface area contributed by atoms with Crippen LogP contribution in [-0.4, -0.2) is 21.3 Å². The number of fused-ring (bicyclic) bond motifs is 2. The van der Waals surface area contributed by atoms with Crippen molar-refractivity contribution in [3.63, 3.8) is 0 Å². The summed E-state index contributed by atoms with van der Waals surface area (Å²) in [6.45, 7) is 1.13. The van der Waals surface area contributed by atoms with Gasteiger partial charge in [-0.15, -0.1) is 0 Å². The average molecular weight is 487 g/mol. The van der Waals surface area contributed by atoms with Crippen LogP contribution in [0.1, 0.15) is 32.0 Å². The van der Waals surface area contributed by atoms with Gasteiger partial charge in [0.2, 0.25) is 0 Å². The zero-order valence-corrected chi connectivity index (χ0v) is 19.1. The molecule has 0 saturated carbocycles. The van der Waals surface area contributed by atoms with Gasteiger partial charge in [0.25, 0.3) is 17.5 Å². The molecular weight excluding hydrogens is 468 g/mol. The molecular formula is C26H19ClN4O4. The number of carbonyl (C=O) groups excluding carboxylic acids is 2. The highest BCUT2D eigenvalue weighted by Gasteiger charge is 2.25. The number of hydrogen-bond donors (Lipinski definition) is 1. The van der Waals surface area contributed by atoms with Crippen molar-refractivity contribution in [3.8, 4) is 0 Å². The van der Waals surface area contributed by atoms with Crippen LogP contribution in [0.4, 0.5) is 17.1 Å². The summed E-state index contributed by atoms with van der Waals surface area (Å²) in [5.74, 6) is -0.744. The van der Waals surface area contributed by atoms with Crippen LogP contribution in [0.25, 0.3) is 0 Å². The molecule has 0 radical (unpaired) electrons. The van der Waals surface area contributed by atoms with Crippen LogP contribution in [-0.2, 0) is 13.1 Å². The standard InChI is InChI=1S/C26H19ClN4O4/c27-23-12-11-20(31(34)35)14-22(23)25(32)28-19-9-7-17(8-10-19)26(33)30-16-21-5-3-13-29(21)15-18-4-1-2-6-24(18)30/h1-14H,15-16H2,(H,28,32). The summed E-state index contributed by atoms with van der Waals surface area (Å²) in [6, 6.07) is 22.0. The number of amides is 2. The minimum Gasteiger partial charge on any atom is -0.345 e. The highest BCUT2D eigenvalue weighted by atomic mass is 35.5. The van der Waals surface area contributed by atoms with Crippen LogP contribution < -0.4 is 10.2 Å². The van der Waals surface area contributed by atoms with Crippen molar-refractivity contribution in [3.05, 3.63) is 123 Å². The lowest BCUT2D eigenvalue weighted by molar-refractivity contribution is -0.384. The molecule has 0 aliphatic carbocycles. The van der Waals surface area contributed by atoms with Crippen molar-refractivity contribution in [1.82, 2.24) is 4.57 Å². The molecule has 1 N–H and O–H groups in total. The van der Waals surface area contributed by atoms with E-state index in [0.29, 0.717) is 24.3 Å². The second-order valence-electron chi connectivity index (χ2n) is 8.10. The van der Waals surface area contributed by atoms with Crippen LogP contribution in [0.5, 0.6) is 0 Å². The lowest BCUT2D eigenvalue weighted by atomic mass is 10.1. The Bertz CT molecular complexity index is 1460. The van der Waals surface area contributed by atoms with Crippen molar-refractivity contribution in [2.45, 2.75) is 13.1 Å². The van der Waals surface area contributed by atoms with Crippen molar-refractivity contribution in [1.29, 1.82) is 0 Å². The summed E-state index contributed by atoms with van der Waals surface area (Å²) in [4.78, 5) is 38.3. The molecule has 0 spiro atoms. The molecule has 1 aromatic heterocycles. The maximum atomic E-state index is 13.5. The van der Waals surface area contributed by atoms with Crippen molar-refractivity contribution < 1.29 is 14.5 Å². The molecule has 2 heterocycles. The molecule has 2 amide bonds. The topological polar surface area (TPSA) is 97.5 Å². The fraction of sp³-hybridized carbons (Fsp3) is 0.0769. The van der Waals surface area contributed by atoms with E-state index in [2.05, 4.69) is 9.88 Å². The first-order valence-electron chi connectivity index (χ1n) is 10.8. The Labute approximate surface area is 205 Å². The zero-order valence-electron chi connectivity index (χ0n) is 18.3. The molecule has 4 aromatic rings. The largest absolute Gasteiger partial charge is 0.345 e. The van der Waals surface area contributed by atoms with Gasteiger partial charge in [-0.3, -0.25) is 19.7 Å². The lowest BCUT2D eigenvalue weighted by Crippen LogP contribution is -2.30. The molecule has 174 valence electrons. The summed E-state index contributed by atoms with van der Waals surface area (Å²) in [5, 5.41) is 13.8. The van der Waals surface area contributed by atoms with Gasteiger partial charge in [-0.2, -0.15) is 0 Å². The molecule has 35 heavy (non-hydrogen) atoms. The number of carbonyl (C=O) groups is 2. The summed E-state index contributed by atoms with van der Waals surface area (Å²) < 4.78 is 2.13. The monoisotopic (exact) mass is 486 g/mol. The molecule has 1 aliphatic heterocycles. The quantitative estimate of drug-likeness (QED) is 0.304. The van der Waals surface area contributed by atoms with Crippen LogP contribution >= 0.6 is 11.6 Å². The van der Waals surface area contributed by atoms with Crippen LogP contribution in [0.15, 0.2) is 85.1 Å². The third kappa shape index (κ3) is 4.39. The Morgan fingerprint density at radius 2 is 1.71 bits per heavy atom. The minimum absolute atomic E-state index is 0.00908. The van der Waals surface area contributed by atoms with Gasteiger partial charge in [0.05, 0.1) is 22.1 Å². The van der Waals surface area contributed by atoms with Crippen molar-refractivity contribution in [2.75, 3.05) is 10.2 Å². The molecule has 1 aliphatic rings.